The number of rotatable bonds is 9. The molecule has 0 bridgehead atoms. The molecular weight excluding hydrogens is 456 g/mol. The summed E-state index contributed by atoms with van der Waals surface area (Å²) in [6, 6.07) is 3.38. The monoisotopic (exact) mass is 482 g/mol. The van der Waals surface area contributed by atoms with Gasteiger partial charge in [0.25, 0.3) is 5.91 Å². The van der Waals surface area contributed by atoms with Crippen LogP contribution in [0.25, 0.3) is 0 Å². The molecule has 13 heteroatoms. The first-order valence-corrected chi connectivity index (χ1v) is 10.2. The molecule has 0 spiro atoms. The van der Waals surface area contributed by atoms with E-state index in [9.17, 15) is 24.0 Å². The number of aromatic nitrogens is 1. The minimum Gasteiger partial charge on any atom is -0.467 e. The summed E-state index contributed by atoms with van der Waals surface area (Å²) in [6.45, 7) is 2.41. The molecule has 1 saturated heterocycles. The summed E-state index contributed by atoms with van der Waals surface area (Å²) in [5.74, 6) is -3.59. The summed E-state index contributed by atoms with van der Waals surface area (Å²) in [5.41, 5.74) is 0.0295. The number of hydrogen-bond donors (Lipinski definition) is 1. The third-order valence-electron chi connectivity index (χ3n) is 4.50. The molecule has 13 nitrogen and oxygen atoms in total. The number of methoxy groups -OCH3 is 1. The number of pyridine rings is 1. The number of nitrogens with one attached hydrogen (secondary N) is 1. The maximum atomic E-state index is 12.8. The van der Waals surface area contributed by atoms with Crippen molar-refractivity contribution in [3.8, 4) is 0 Å². The number of carbonyl (C=O) groups is 5. The van der Waals surface area contributed by atoms with Crippen LogP contribution in [-0.4, -0.2) is 85.7 Å². The molecule has 0 aromatic carbocycles. The summed E-state index contributed by atoms with van der Waals surface area (Å²) in [4.78, 5) is 63.5. The van der Waals surface area contributed by atoms with Crippen molar-refractivity contribution in [3.63, 3.8) is 0 Å². The van der Waals surface area contributed by atoms with Gasteiger partial charge in [-0.2, -0.15) is 0 Å². The maximum Gasteiger partial charge on any atom is 0.331 e. The molecule has 2 rings (SSSR count). The Morgan fingerprint density at radius 1 is 1.00 bits per heavy atom. The van der Waals surface area contributed by atoms with Crippen molar-refractivity contribution in [2.75, 3.05) is 20.3 Å². The van der Waals surface area contributed by atoms with Crippen molar-refractivity contribution in [1.29, 1.82) is 0 Å². The number of carbonyl (C=O) groups excluding carboxylic acids is 5. The molecule has 5 atom stereocenters. The fraction of sp³-hybridized carbons (Fsp3) is 0.524. The minimum absolute atomic E-state index is 0.0295. The second kappa shape index (κ2) is 12.6. The molecule has 0 saturated carbocycles. The summed E-state index contributed by atoms with van der Waals surface area (Å²) in [7, 11) is 1.14. The predicted molar refractivity (Wildman–Crippen MR) is 110 cm³/mol. The zero-order valence-electron chi connectivity index (χ0n) is 19.0. The number of amides is 1. The fourth-order valence-electron chi connectivity index (χ4n) is 3.13. The van der Waals surface area contributed by atoms with Crippen LogP contribution in [0.1, 0.15) is 31.3 Å². The van der Waals surface area contributed by atoms with Crippen molar-refractivity contribution in [3.05, 3.63) is 30.1 Å². The lowest BCUT2D eigenvalue weighted by Crippen LogP contribution is -2.67. The minimum atomic E-state index is -1.46. The molecule has 34 heavy (non-hydrogen) atoms. The van der Waals surface area contributed by atoms with Crippen LogP contribution >= 0.6 is 0 Å². The molecule has 1 N–H and O–H groups in total. The van der Waals surface area contributed by atoms with Crippen LogP contribution in [0.4, 0.5) is 0 Å². The molecule has 1 aliphatic rings. The maximum absolute atomic E-state index is 12.8. The highest BCUT2D eigenvalue weighted by Crippen LogP contribution is 2.28. The molecular formula is C21H26N2O11. The van der Waals surface area contributed by atoms with Crippen LogP contribution < -0.4 is 5.32 Å². The normalized spacial score (nSPS) is 23.8. The van der Waals surface area contributed by atoms with Crippen LogP contribution in [0, 0.1) is 0 Å². The third kappa shape index (κ3) is 7.78. The number of nitrogens with zero attached hydrogens (tertiary/aromatic N) is 1. The lowest BCUT2D eigenvalue weighted by molar-refractivity contribution is -0.273. The van der Waals surface area contributed by atoms with Crippen molar-refractivity contribution in [2.45, 2.75) is 51.4 Å². The molecule has 1 aromatic rings. The van der Waals surface area contributed by atoms with Crippen molar-refractivity contribution in [2.24, 2.45) is 0 Å². The van der Waals surface area contributed by atoms with Gasteiger partial charge in [0, 0.05) is 27.0 Å². The van der Waals surface area contributed by atoms with E-state index in [1.165, 1.54) is 12.3 Å². The van der Waals surface area contributed by atoms with Gasteiger partial charge in [0.05, 0.1) is 7.11 Å². The van der Waals surface area contributed by atoms with Gasteiger partial charge >= 0.3 is 23.9 Å². The average Bonchev–Trinajstić information content (AvgIpc) is 2.78. The Morgan fingerprint density at radius 3 is 2.26 bits per heavy atom. The smallest absolute Gasteiger partial charge is 0.331 e. The first kappa shape index (κ1) is 26.7. The molecule has 0 aliphatic carbocycles. The first-order valence-electron chi connectivity index (χ1n) is 10.2. The van der Waals surface area contributed by atoms with Gasteiger partial charge in [-0.05, 0) is 12.1 Å². The molecule has 1 amide bonds. The SMILES string of the molecule is COC(=O)COC1C(NC(=O)c2ccccn2)C(OC(C)=O)OC(COC(C)=O)C1OC(C)=O. The second-order valence-corrected chi connectivity index (χ2v) is 7.09. The van der Waals surface area contributed by atoms with E-state index < -0.39 is 73.6 Å². The number of ether oxygens (including phenoxy) is 6. The van der Waals surface area contributed by atoms with E-state index in [0.717, 1.165) is 27.9 Å². The first-order chi connectivity index (χ1) is 16.1. The zero-order chi connectivity index (χ0) is 25.3. The lowest BCUT2D eigenvalue weighted by Gasteiger charge is -2.44. The fourth-order valence-corrected chi connectivity index (χ4v) is 3.13. The largest absolute Gasteiger partial charge is 0.467 e. The topological polar surface area (TPSA) is 166 Å². The van der Waals surface area contributed by atoms with Crippen molar-refractivity contribution < 1.29 is 52.4 Å². The summed E-state index contributed by atoms with van der Waals surface area (Å²) in [6.07, 6.45) is -3.78. The Morgan fingerprint density at radius 2 is 1.71 bits per heavy atom. The van der Waals surface area contributed by atoms with Gasteiger partial charge in [-0.15, -0.1) is 0 Å². The van der Waals surface area contributed by atoms with Gasteiger partial charge in [-0.25, -0.2) is 4.79 Å². The number of esters is 4. The van der Waals surface area contributed by atoms with Gasteiger partial charge in [0.15, 0.2) is 6.10 Å². The Labute approximate surface area is 195 Å². The van der Waals surface area contributed by atoms with Crippen LogP contribution in [0.3, 0.4) is 0 Å². The predicted octanol–water partition coefficient (Wildman–Crippen LogP) is -0.479. The highest BCUT2D eigenvalue weighted by Gasteiger charge is 2.51. The Balaban J connectivity index is 2.45. The van der Waals surface area contributed by atoms with E-state index in [4.69, 9.17) is 23.7 Å². The van der Waals surface area contributed by atoms with E-state index >= 15 is 0 Å². The second-order valence-electron chi connectivity index (χ2n) is 7.09. The van der Waals surface area contributed by atoms with Crippen LogP contribution in [0.2, 0.25) is 0 Å². The average molecular weight is 482 g/mol. The van der Waals surface area contributed by atoms with Crippen LogP contribution in [0.15, 0.2) is 24.4 Å². The molecule has 5 unspecified atom stereocenters. The number of hydrogen-bond acceptors (Lipinski definition) is 12. The van der Waals surface area contributed by atoms with Crippen LogP contribution in [-0.2, 0) is 47.6 Å². The van der Waals surface area contributed by atoms with Gasteiger partial charge in [-0.1, -0.05) is 6.07 Å². The summed E-state index contributed by atoms with van der Waals surface area (Å²) in [5, 5.41) is 2.59. The van der Waals surface area contributed by atoms with Crippen molar-refractivity contribution in [1.82, 2.24) is 10.3 Å². The van der Waals surface area contributed by atoms with Gasteiger partial charge in [-0.3, -0.25) is 24.2 Å². The summed E-state index contributed by atoms with van der Waals surface area (Å²) < 4.78 is 31.5. The molecule has 186 valence electrons. The van der Waals surface area contributed by atoms with Gasteiger partial charge in [0.2, 0.25) is 6.29 Å². The molecule has 1 fully saturated rings. The highest BCUT2D eigenvalue weighted by molar-refractivity contribution is 5.92. The Hall–Kier alpha value is -3.58. The van der Waals surface area contributed by atoms with E-state index in [0.29, 0.717) is 0 Å². The van der Waals surface area contributed by atoms with Gasteiger partial charge < -0.3 is 33.7 Å². The Kier molecular flexibility index (Phi) is 9.89. The van der Waals surface area contributed by atoms with Gasteiger partial charge in [0.1, 0.15) is 37.2 Å². The molecule has 0 radical (unpaired) electrons. The standard InChI is InChI=1S/C21H26N2O11/c1-11(24)30-9-15-18(32-12(2)25)19(31-10-16(27)29-4)17(21(34-15)33-13(3)26)23-20(28)14-7-5-6-8-22-14/h5-8,15,17-19,21H,9-10H2,1-4H3,(H,23,28). The van der Waals surface area contributed by atoms with Crippen molar-refractivity contribution >= 4 is 29.8 Å². The quantitative estimate of drug-likeness (QED) is 0.355. The molecule has 2 heterocycles. The lowest BCUT2D eigenvalue weighted by atomic mass is 9.96. The van der Waals surface area contributed by atoms with Crippen LogP contribution in [0.5, 0.6) is 0 Å². The Bertz CT molecular complexity index is 892. The van der Waals surface area contributed by atoms with E-state index in [1.807, 2.05) is 0 Å². The molecule has 1 aromatic heterocycles. The van der Waals surface area contributed by atoms with E-state index in [-0.39, 0.29) is 5.69 Å². The van der Waals surface area contributed by atoms with E-state index in [1.54, 1.807) is 12.1 Å². The highest BCUT2D eigenvalue weighted by atomic mass is 16.7. The third-order valence-corrected chi connectivity index (χ3v) is 4.50. The zero-order valence-corrected chi connectivity index (χ0v) is 19.0. The summed E-state index contributed by atoms with van der Waals surface area (Å²) >= 11 is 0. The van der Waals surface area contributed by atoms with E-state index in [2.05, 4.69) is 15.0 Å². The molecule has 1 aliphatic heterocycles.